The number of hydrogen-bond donors (Lipinski definition) is 0. The van der Waals surface area contributed by atoms with E-state index in [0.717, 1.165) is 25.2 Å². The topological polar surface area (TPSA) is 34.1 Å². The third kappa shape index (κ3) is 1.82. The predicted octanol–water partition coefficient (Wildman–Crippen LogP) is 3.78. The number of hydrogen-bond acceptors (Lipinski definition) is 2. The molecule has 4 unspecified atom stereocenters. The zero-order chi connectivity index (χ0) is 13.8. The summed E-state index contributed by atoms with van der Waals surface area (Å²) in [5, 5.41) is 0. The number of Topliss-reactive ketones (excluding diaryl/α,β-unsaturated/α-hetero) is 2. The van der Waals surface area contributed by atoms with Crippen molar-refractivity contribution in [2.45, 2.75) is 65.7 Å². The fraction of sp³-hybridized carbons (Fsp3) is 0.882. The van der Waals surface area contributed by atoms with Gasteiger partial charge in [-0.25, -0.2) is 0 Å². The molecule has 0 heterocycles. The van der Waals surface area contributed by atoms with Crippen LogP contribution in [0.15, 0.2) is 0 Å². The van der Waals surface area contributed by atoms with Gasteiger partial charge in [0.1, 0.15) is 11.6 Å². The van der Waals surface area contributed by atoms with Gasteiger partial charge in [0.05, 0.1) is 0 Å². The number of fused-ring (bicyclic) bond motifs is 4. The first kappa shape index (κ1) is 13.3. The van der Waals surface area contributed by atoms with Crippen LogP contribution in [-0.2, 0) is 9.59 Å². The Labute approximate surface area is 116 Å². The molecular formula is C17H26O2. The summed E-state index contributed by atoms with van der Waals surface area (Å²) >= 11 is 0. The molecule has 106 valence electrons. The van der Waals surface area contributed by atoms with E-state index in [1.165, 1.54) is 25.7 Å². The van der Waals surface area contributed by atoms with E-state index >= 15 is 0 Å². The lowest BCUT2D eigenvalue weighted by Crippen LogP contribution is -2.32. The number of rotatable bonds is 0. The lowest BCUT2D eigenvalue weighted by atomic mass is 9.70. The van der Waals surface area contributed by atoms with Gasteiger partial charge in [0, 0.05) is 24.2 Å². The van der Waals surface area contributed by atoms with E-state index in [9.17, 15) is 9.59 Å². The monoisotopic (exact) mass is 262 g/mol. The summed E-state index contributed by atoms with van der Waals surface area (Å²) in [6, 6.07) is 0. The first-order valence-corrected chi connectivity index (χ1v) is 7.90. The molecule has 0 aliphatic heterocycles. The largest absolute Gasteiger partial charge is 0.299 e. The van der Waals surface area contributed by atoms with Crippen LogP contribution in [0.5, 0.6) is 0 Å². The van der Waals surface area contributed by atoms with Crippen LogP contribution in [0.1, 0.15) is 65.7 Å². The molecule has 4 aliphatic rings. The Morgan fingerprint density at radius 3 is 1.95 bits per heavy atom. The summed E-state index contributed by atoms with van der Waals surface area (Å²) in [6.45, 7) is 6.67. The van der Waals surface area contributed by atoms with Crippen LogP contribution in [-0.4, -0.2) is 11.6 Å². The molecule has 0 aromatic heterocycles. The second-order valence-corrected chi connectivity index (χ2v) is 7.96. The van der Waals surface area contributed by atoms with Gasteiger partial charge in [-0.15, -0.1) is 0 Å². The van der Waals surface area contributed by atoms with Crippen molar-refractivity contribution >= 4 is 11.6 Å². The highest BCUT2D eigenvalue weighted by molar-refractivity contribution is 5.89. The van der Waals surface area contributed by atoms with Crippen LogP contribution >= 0.6 is 0 Å². The molecule has 0 saturated heterocycles. The van der Waals surface area contributed by atoms with Crippen LogP contribution < -0.4 is 0 Å². The molecule has 0 radical (unpaired) electrons. The minimum absolute atomic E-state index is 0.0255. The Bertz CT molecular complexity index is 423. The summed E-state index contributed by atoms with van der Waals surface area (Å²) in [5.74, 6) is 3.03. The molecular weight excluding hydrogens is 236 g/mol. The summed E-state index contributed by atoms with van der Waals surface area (Å²) in [6.07, 6.45) is 7.91. The molecule has 4 bridgehead atoms. The maximum absolute atomic E-state index is 11.6. The molecule has 4 atom stereocenters. The van der Waals surface area contributed by atoms with E-state index in [1.807, 2.05) is 0 Å². The number of carbonyl (C=O) groups excluding carboxylic acids is 2. The highest BCUT2D eigenvalue weighted by Crippen LogP contribution is 2.63. The third-order valence-corrected chi connectivity index (χ3v) is 6.97. The minimum Gasteiger partial charge on any atom is -0.299 e. The fourth-order valence-electron chi connectivity index (χ4n) is 4.91. The lowest BCUT2D eigenvalue weighted by molar-refractivity contribution is -0.128. The van der Waals surface area contributed by atoms with Crippen molar-refractivity contribution < 1.29 is 9.59 Å². The van der Waals surface area contributed by atoms with Gasteiger partial charge in [-0.3, -0.25) is 9.59 Å². The maximum Gasteiger partial charge on any atom is 0.139 e. The van der Waals surface area contributed by atoms with Crippen molar-refractivity contribution in [1.82, 2.24) is 0 Å². The predicted molar refractivity (Wildman–Crippen MR) is 74.7 cm³/mol. The van der Waals surface area contributed by atoms with Crippen molar-refractivity contribution in [3.8, 4) is 0 Å². The SMILES string of the molecule is CC12CCC(CC1=O)C2(C)C.O=C1CC2CCC1C2. The molecule has 0 aromatic carbocycles. The average Bonchev–Trinajstić information content (AvgIpc) is 3.02. The molecule has 0 amide bonds. The standard InChI is InChI=1S/C10H16O.C7H10O/c1-9(2)7-4-5-10(9,3)8(11)6-7;8-7-4-5-1-2-6(7)3-5/h7H,4-6H2,1-3H3;5-6H,1-4H2. The molecule has 0 N–H and O–H groups in total. The fourth-order valence-corrected chi connectivity index (χ4v) is 4.91. The van der Waals surface area contributed by atoms with Gasteiger partial charge in [0.15, 0.2) is 0 Å². The molecule has 4 rings (SSSR count). The summed E-state index contributed by atoms with van der Waals surface area (Å²) in [7, 11) is 0. The molecule has 0 spiro atoms. The average molecular weight is 262 g/mol. The van der Waals surface area contributed by atoms with E-state index in [4.69, 9.17) is 0 Å². The Morgan fingerprint density at radius 2 is 1.74 bits per heavy atom. The van der Waals surface area contributed by atoms with Crippen molar-refractivity contribution in [3.63, 3.8) is 0 Å². The molecule has 19 heavy (non-hydrogen) atoms. The molecule has 2 nitrogen and oxygen atoms in total. The van der Waals surface area contributed by atoms with E-state index in [1.54, 1.807) is 0 Å². The first-order valence-electron chi connectivity index (χ1n) is 7.90. The second-order valence-electron chi connectivity index (χ2n) is 7.96. The highest BCUT2D eigenvalue weighted by atomic mass is 16.1. The van der Waals surface area contributed by atoms with Gasteiger partial charge < -0.3 is 0 Å². The molecule has 0 aromatic rings. The number of carbonyl (C=O) groups is 2. The maximum atomic E-state index is 11.6. The van der Waals surface area contributed by atoms with E-state index in [-0.39, 0.29) is 10.8 Å². The Morgan fingerprint density at radius 1 is 1.00 bits per heavy atom. The van der Waals surface area contributed by atoms with E-state index in [2.05, 4.69) is 20.8 Å². The van der Waals surface area contributed by atoms with Crippen LogP contribution in [0.3, 0.4) is 0 Å². The van der Waals surface area contributed by atoms with Crippen molar-refractivity contribution in [2.24, 2.45) is 28.6 Å². The van der Waals surface area contributed by atoms with Crippen molar-refractivity contribution in [1.29, 1.82) is 0 Å². The van der Waals surface area contributed by atoms with Gasteiger partial charge >= 0.3 is 0 Å². The zero-order valence-electron chi connectivity index (χ0n) is 12.5. The Kier molecular flexibility index (Phi) is 2.92. The van der Waals surface area contributed by atoms with Crippen LogP contribution in [0.2, 0.25) is 0 Å². The van der Waals surface area contributed by atoms with E-state index in [0.29, 0.717) is 23.4 Å². The van der Waals surface area contributed by atoms with Crippen molar-refractivity contribution in [3.05, 3.63) is 0 Å². The summed E-state index contributed by atoms with van der Waals surface area (Å²) in [4.78, 5) is 22.4. The van der Waals surface area contributed by atoms with E-state index < -0.39 is 0 Å². The summed E-state index contributed by atoms with van der Waals surface area (Å²) < 4.78 is 0. The molecule has 4 fully saturated rings. The smallest absolute Gasteiger partial charge is 0.139 e. The molecule has 4 saturated carbocycles. The second kappa shape index (κ2) is 4.17. The third-order valence-electron chi connectivity index (χ3n) is 6.97. The van der Waals surface area contributed by atoms with Gasteiger partial charge in [-0.1, -0.05) is 20.8 Å². The lowest BCUT2D eigenvalue weighted by Gasteiger charge is -2.32. The van der Waals surface area contributed by atoms with Crippen LogP contribution in [0.4, 0.5) is 0 Å². The van der Waals surface area contributed by atoms with Crippen LogP contribution in [0.25, 0.3) is 0 Å². The molecule has 4 aliphatic carbocycles. The minimum atomic E-state index is 0.0255. The highest BCUT2D eigenvalue weighted by Gasteiger charge is 2.61. The molecule has 2 heteroatoms. The Hall–Kier alpha value is -0.660. The van der Waals surface area contributed by atoms with Gasteiger partial charge in [-0.05, 0) is 49.4 Å². The normalized spacial score (nSPS) is 45.5. The first-order chi connectivity index (χ1) is 8.84. The van der Waals surface area contributed by atoms with Crippen LogP contribution in [0, 0.1) is 28.6 Å². The Balaban J connectivity index is 0.000000122. The summed E-state index contributed by atoms with van der Waals surface area (Å²) in [5.41, 5.74) is 0.307. The number of ketones is 2. The van der Waals surface area contributed by atoms with Gasteiger partial charge in [0.25, 0.3) is 0 Å². The quantitative estimate of drug-likeness (QED) is 0.666. The van der Waals surface area contributed by atoms with Crippen molar-refractivity contribution in [2.75, 3.05) is 0 Å². The zero-order valence-corrected chi connectivity index (χ0v) is 12.5. The van der Waals surface area contributed by atoms with Gasteiger partial charge in [-0.2, -0.15) is 0 Å². The van der Waals surface area contributed by atoms with Gasteiger partial charge in [0.2, 0.25) is 0 Å².